The van der Waals surface area contributed by atoms with Crippen LogP contribution < -0.4 is 10.9 Å². The molecular weight excluding hydrogens is 356 g/mol. The van der Waals surface area contributed by atoms with Gasteiger partial charge in [0.1, 0.15) is 6.54 Å². The molecule has 0 spiro atoms. The van der Waals surface area contributed by atoms with Gasteiger partial charge in [0, 0.05) is 25.6 Å². The number of benzene rings is 1. The number of carbonyl (C=O) groups is 1. The molecule has 1 amide bonds. The Labute approximate surface area is 162 Å². The van der Waals surface area contributed by atoms with Crippen LogP contribution in [0.15, 0.2) is 59.9 Å². The number of hydrogen-bond acceptors (Lipinski definition) is 5. The summed E-state index contributed by atoms with van der Waals surface area (Å²) in [6.07, 6.45) is 6.67. The summed E-state index contributed by atoms with van der Waals surface area (Å²) in [5.74, 6) is 0.0490. The Morgan fingerprint density at radius 3 is 2.82 bits per heavy atom. The van der Waals surface area contributed by atoms with E-state index in [1.165, 1.54) is 10.9 Å². The van der Waals surface area contributed by atoms with Crippen LogP contribution in [0.25, 0.3) is 10.9 Å². The number of carbonyl (C=O) groups excluding carboxylic acids is 1. The smallest absolute Gasteiger partial charge is 0.261 e. The van der Waals surface area contributed by atoms with Crippen molar-refractivity contribution in [2.45, 2.75) is 25.4 Å². The molecule has 0 aliphatic carbocycles. The van der Waals surface area contributed by atoms with Crippen molar-refractivity contribution in [3.8, 4) is 0 Å². The van der Waals surface area contributed by atoms with Gasteiger partial charge in [0.25, 0.3) is 5.56 Å². The topological polar surface area (TPSA) is 86.1 Å². The number of para-hydroxylation sites is 1. The SMILES string of the molecule is O=C(Cn1cnc2ccccc2c1=O)N[C@H](c1cccnc1)C1CCOCC1. The summed E-state index contributed by atoms with van der Waals surface area (Å²) >= 11 is 0. The molecule has 0 bridgehead atoms. The van der Waals surface area contributed by atoms with Gasteiger partial charge in [-0.3, -0.25) is 19.1 Å². The fourth-order valence-corrected chi connectivity index (χ4v) is 3.67. The van der Waals surface area contributed by atoms with E-state index in [1.807, 2.05) is 18.2 Å². The number of hydrogen-bond donors (Lipinski definition) is 1. The number of fused-ring (bicyclic) bond motifs is 1. The number of nitrogens with zero attached hydrogens (tertiary/aromatic N) is 3. The lowest BCUT2D eigenvalue weighted by atomic mass is 9.87. The predicted octanol–water partition coefficient (Wildman–Crippen LogP) is 2.08. The number of ether oxygens (including phenoxy) is 1. The summed E-state index contributed by atoms with van der Waals surface area (Å²) < 4.78 is 6.81. The lowest BCUT2D eigenvalue weighted by molar-refractivity contribution is -0.123. The maximum atomic E-state index is 12.8. The van der Waals surface area contributed by atoms with Crippen molar-refractivity contribution in [2.24, 2.45) is 5.92 Å². The van der Waals surface area contributed by atoms with Gasteiger partial charge in [-0.25, -0.2) is 4.98 Å². The molecule has 1 aliphatic rings. The average Bonchev–Trinajstić information content (AvgIpc) is 2.75. The fourth-order valence-electron chi connectivity index (χ4n) is 3.67. The summed E-state index contributed by atoms with van der Waals surface area (Å²) in [6, 6.07) is 10.8. The molecule has 1 aliphatic heterocycles. The number of nitrogens with one attached hydrogen (secondary N) is 1. The van der Waals surface area contributed by atoms with Crippen molar-refractivity contribution in [3.63, 3.8) is 0 Å². The molecule has 1 fully saturated rings. The molecular formula is C21H22N4O3. The maximum Gasteiger partial charge on any atom is 0.261 e. The minimum absolute atomic E-state index is 0.0728. The second-order valence-electron chi connectivity index (χ2n) is 6.98. The molecule has 0 unspecified atom stereocenters. The Hall–Kier alpha value is -3.06. The van der Waals surface area contributed by atoms with Crippen molar-refractivity contribution in [1.82, 2.24) is 19.9 Å². The van der Waals surface area contributed by atoms with Crippen molar-refractivity contribution in [1.29, 1.82) is 0 Å². The first kappa shape index (κ1) is 18.3. The zero-order valence-corrected chi connectivity index (χ0v) is 15.5. The van der Waals surface area contributed by atoms with Crippen molar-refractivity contribution >= 4 is 16.8 Å². The van der Waals surface area contributed by atoms with E-state index < -0.39 is 0 Å². The number of pyridine rings is 1. The Kier molecular flexibility index (Phi) is 5.43. The first-order valence-electron chi connectivity index (χ1n) is 9.43. The van der Waals surface area contributed by atoms with Crippen LogP contribution in [0.5, 0.6) is 0 Å². The Balaban J connectivity index is 1.55. The third-order valence-electron chi connectivity index (χ3n) is 5.14. The summed E-state index contributed by atoms with van der Waals surface area (Å²) in [6.45, 7) is 1.30. The normalized spacial score (nSPS) is 16.0. The molecule has 4 rings (SSSR count). The van der Waals surface area contributed by atoms with Gasteiger partial charge in [0.2, 0.25) is 5.91 Å². The van der Waals surface area contributed by atoms with E-state index in [2.05, 4.69) is 15.3 Å². The van der Waals surface area contributed by atoms with Crippen molar-refractivity contribution in [3.05, 3.63) is 71.0 Å². The van der Waals surface area contributed by atoms with Gasteiger partial charge in [-0.15, -0.1) is 0 Å². The van der Waals surface area contributed by atoms with Gasteiger partial charge >= 0.3 is 0 Å². The second-order valence-corrected chi connectivity index (χ2v) is 6.98. The van der Waals surface area contributed by atoms with Crippen LogP contribution in [-0.4, -0.2) is 33.7 Å². The van der Waals surface area contributed by atoms with Gasteiger partial charge in [0.15, 0.2) is 0 Å². The minimum atomic E-state index is -0.223. The molecule has 28 heavy (non-hydrogen) atoms. The molecule has 0 saturated carbocycles. The molecule has 144 valence electrons. The molecule has 3 aromatic rings. The van der Waals surface area contributed by atoms with E-state index in [9.17, 15) is 9.59 Å². The quantitative estimate of drug-likeness (QED) is 0.735. The highest BCUT2D eigenvalue weighted by atomic mass is 16.5. The largest absolute Gasteiger partial charge is 0.381 e. The van der Waals surface area contributed by atoms with Gasteiger partial charge < -0.3 is 10.1 Å². The molecule has 2 aromatic heterocycles. The van der Waals surface area contributed by atoms with E-state index in [-0.39, 0.29) is 30.0 Å². The van der Waals surface area contributed by atoms with E-state index in [4.69, 9.17) is 4.74 Å². The first-order valence-corrected chi connectivity index (χ1v) is 9.43. The summed E-state index contributed by atoms with van der Waals surface area (Å²) in [7, 11) is 0. The molecule has 7 nitrogen and oxygen atoms in total. The monoisotopic (exact) mass is 378 g/mol. The fraction of sp³-hybridized carbons (Fsp3) is 0.333. The van der Waals surface area contributed by atoms with Crippen LogP contribution in [-0.2, 0) is 16.1 Å². The van der Waals surface area contributed by atoms with E-state index >= 15 is 0 Å². The van der Waals surface area contributed by atoms with Gasteiger partial charge in [-0.05, 0) is 42.5 Å². The van der Waals surface area contributed by atoms with Crippen LogP contribution in [0.4, 0.5) is 0 Å². The van der Waals surface area contributed by atoms with Crippen LogP contribution in [0.2, 0.25) is 0 Å². The first-order chi connectivity index (χ1) is 13.7. The highest BCUT2D eigenvalue weighted by Gasteiger charge is 2.27. The summed E-state index contributed by atoms with van der Waals surface area (Å²) in [5.41, 5.74) is 1.37. The van der Waals surface area contributed by atoms with Crippen LogP contribution in [0.1, 0.15) is 24.4 Å². The highest BCUT2D eigenvalue weighted by Crippen LogP contribution is 2.29. The summed E-state index contributed by atoms with van der Waals surface area (Å²) in [4.78, 5) is 33.9. The van der Waals surface area contributed by atoms with Gasteiger partial charge in [-0.1, -0.05) is 18.2 Å². The van der Waals surface area contributed by atoms with E-state index in [0.29, 0.717) is 24.1 Å². The zero-order valence-electron chi connectivity index (χ0n) is 15.5. The van der Waals surface area contributed by atoms with Gasteiger partial charge in [-0.2, -0.15) is 0 Å². The summed E-state index contributed by atoms with van der Waals surface area (Å²) in [5, 5.41) is 3.61. The maximum absolute atomic E-state index is 12.8. The van der Waals surface area contributed by atoms with E-state index in [0.717, 1.165) is 18.4 Å². The Morgan fingerprint density at radius 2 is 2.04 bits per heavy atom. The third-order valence-corrected chi connectivity index (χ3v) is 5.14. The number of rotatable bonds is 5. The van der Waals surface area contributed by atoms with Crippen molar-refractivity contribution in [2.75, 3.05) is 13.2 Å². The molecule has 7 heteroatoms. The molecule has 3 heterocycles. The molecule has 0 radical (unpaired) electrons. The van der Waals surface area contributed by atoms with E-state index in [1.54, 1.807) is 30.6 Å². The average molecular weight is 378 g/mol. The highest BCUT2D eigenvalue weighted by molar-refractivity contribution is 5.79. The predicted molar refractivity (Wildman–Crippen MR) is 105 cm³/mol. The zero-order chi connectivity index (χ0) is 19.3. The molecule has 1 atom stereocenters. The lowest BCUT2D eigenvalue weighted by Crippen LogP contribution is -2.39. The van der Waals surface area contributed by atoms with Crippen molar-refractivity contribution < 1.29 is 9.53 Å². The Morgan fingerprint density at radius 1 is 1.21 bits per heavy atom. The molecule has 1 aromatic carbocycles. The van der Waals surface area contributed by atoms with Crippen LogP contribution >= 0.6 is 0 Å². The number of aromatic nitrogens is 3. The molecule has 1 N–H and O–H groups in total. The lowest BCUT2D eigenvalue weighted by Gasteiger charge is -2.31. The molecule has 1 saturated heterocycles. The van der Waals surface area contributed by atoms with Crippen LogP contribution in [0, 0.1) is 5.92 Å². The second kappa shape index (κ2) is 8.31. The number of amides is 1. The Bertz CT molecular complexity index is 1010. The van der Waals surface area contributed by atoms with Gasteiger partial charge in [0.05, 0.1) is 23.3 Å². The third kappa shape index (κ3) is 3.94. The standard InChI is InChI=1S/C21H22N4O3/c26-19(13-25-14-23-18-6-2-1-5-17(18)21(25)27)24-20(15-7-10-28-11-8-15)16-4-3-9-22-12-16/h1-6,9,12,14-15,20H,7-8,10-11,13H2,(H,24,26)/t20-/m0/s1. The van der Waals surface area contributed by atoms with Crippen LogP contribution in [0.3, 0.4) is 0 Å². The minimum Gasteiger partial charge on any atom is -0.381 e.